The maximum absolute atomic E-state index is 14.5. The first-order chi connectivity index (χ1) is 13.5. The standard InChI is InChI=1S/C21H20F2N4O/c1-2-10-26(12-17-6-4-3-5-7-17)13-21(28,14-27-16-24-15-25-27)19-9-8-18(22)11-20(19)23/h1,3-9,11,15-16,28H,10,12-14H2. The summed E-state index contributed by atoms with van der Waals surface area (Å²) in [5, 5.41) is 15.4. The van der Waals surface area contributed by atoms with E-state index in [2.05, 4.69) is 16.0 Å². The van der Waals surface area contributed by atoms with Crippen LogP contribution in [-0.4, -0.2) is 37.9 Å². The van der Waals surface area contributed by atoms with E-state index in [0.717, 1.165) is 17.7 Å². The summed E-state index contributed by atoms with van der Waals surface area (Å²) in [6, 6.07) is 12.7. The molecule has 5 nitrogen and oxygen atoms in total. The first-order valence-corrected chi connectivity index (χ1v) is 8.70. The zero-order chi connectivity index (χ0) is 20.0. The van der Waals surface area contributed by atoms with E-state index in [9.17, 15) is 13.9 Å². The maximum Gasteiger partial charge on any atom is 0.137 e. The minimum Gasteiger partial charge on any atom is -0.382 e. The molecule has 2 aromatic carbocycles. The van der Waals surface area contributed by atoms with Crippen LogP contribution >= 0.6 is 0 Å². The molecule has 0 spiro atoms. The number of aliphatic hydroxyl groups is 1. The summed E-state index contributed by atoms with van der Waals surface area (Å²) in [7, 11) is 0. The molecule has 0 amide bonds. The SMILES string of the molecule is C#CCN(Cc1ccccc1)CC(O)(Cn1cncn1)c1ccc(F)cc1F. The van der Waals surface area contributed by atoms with Gasteiger partial charge in [-0.2, -0.15) is 5.10 Å². The molecule has 28 heavy (non-hydrogen) atoms. The highest BCUT2D eigenvalue weighted by atomic mass is 19.1. The highest BCUT2D eigenvalue weighted by Gasteiger charge is 2.35. The summed E-state index contributed by atoms with van der Waals surface area (Å²) < 4.78 is 29.3. The Morgan fingerprint density at radius 2 is 1.96 bits per heavy atom. The molecule has 3 aromatic rings. The molecular formula is C21H20F2N4O. The van der Waals surface area contributed by atoms with Crippen LogP contribution in [0.2, 0.25) is 0 Å². The minimum absolute atomic E-state index is 0.0223. The van der Waals surface area contributed by atoms with E-state index in [1.54, 1.807) is 0 Å². The van der Waals surface area contributed by atoms with Crippen LogP contribution in [0.25, 0.3) is 0 Å². The minimum atomic E-state index is -1.70. The van der Waals surface area contributed by atoms with Crippen LogP contribution in [0.15, 0.2) is 61.2 Å². The van der Waals surface area contributed by atoms with Crippen LogP contribution in [-0.2, 0) is 18.7 Å². The number of hydrogen-bond donors (Lipinski definition) is 1. The highest BCUT2D eigenvalue weighted by molar-refractivity contribution is 5.26. The van der Waals surface area contributed by atoms with Crippen LogP contribution in [0.1, 0.15) is 11.1 Å². The van der Waals surface area contributed by atoms with Crippen molar-refractivity contribution < 1.29 is 13.9 Å². The van der Waals surface area contributed by atoms with Gasteiger partial charge in [-0.25, -0.2) is 18.4 Å². The second-order valence-corrected chi connectivity index (χ2v) is 6.58. The third kappa shape index (κ3) is 4.80. The van der Waals surface area contributed by atoms with E-state index in [-0.39, 0.29) is 25.2 Å². The molecule has 1 heterocycles. The second-order valence-electron chi connectivity index (χ2n) is 6.58. The Bertz CT molecular complexity index is 941. The van der Waals surface area contributed by atoms with Gasteiger partial charge in [0.15, 0.2) is 0 Å². The molecule has 0 aliphatic rings. The van der Waals surface area contributed by atoms with Gasteiger partial charge in [0.25, 0.3) is 0 Å². The van der Waals surface area contributed by atoms with Crippen molar-refractivity contribution in [2.24, 2.45) is 0 Å². The van der Waals surface area contributed by atoms with Gasteiger partial charge in [0.05, 0.1) is 13.1 Å². The largest absolute Gasteiger partial charge is 0.382 e. The van der Waals surface area contributed by atoms with E-state index < -0.39 is 17.2 Å². The first kappa shape index (κ1) is 19.7. The predicted octanol–water partition coefficient (Wildman–Crippen LogP) is 2.58. The van der Waals surface area contributed by atoms with Crippen LogP contribution in [0.5, 0.6) is 0 Å². The van der Waals surface area contributed by atoms with Gasteiger partial charge in [-0.15, -0.1) is 6.42 Å². The van der Waals surface area contributed by atoms with Gasteiger partial charge in [-0.3, -0.25) is 4.90 Å². The number of terminal acetylenes is 1. The Kier molecular flexibility index (Phi) is 6.14. The van der Waals surface area contributed by atoms with Gasteiger partial charge in [0.1, 0.15) is 29.9 Å². The Morgan fingerprint density at radius 3 is 2.61 bits per heavy atom. The van der Waals surface area contributed by atoms with Crippen molar-refractivity contribution in [3.05, 3.63) is 83.9 Å². The van der Waals surface area contributed by atoms with Crippen molar-refractivity contribution in [3.63, 3.8) is 0 Å². The summed E-state index contributed by atoms with van der Waals surface area (Å²) >= 11 is 0. The maximum atomic E-state index is 14.5. The van der Waals surface area contributed by atoms with Gasteiger partial charge in [-0.05, 0) is 11.6 Å². The average Bonchev–Trinajstić information content (AvgIpc) is 3.15. The molecule has 0 saturated carbocycles. The quantitative estimate of drug-likeness (QED) is 0.609. The first-order valence-electron chi connectivity index (χ1n) is 8.70. The van der Waals surface area contributed by atoms with Crippen molar-refractivity contribution in [1.82, 2.24) is 19.7 Å². The molecule has 3 rings (SSSR count). The fraction of sp³-hybridized carbons (Fsp3) is 0.238. The lowest BCUT2D eigenvalue weighted by atomic mass is 9.92. The van der Waals surface area contributed by atoms with Crippen LogP contribution in [0.3, 0.4) is 0 Å². The monoisotopic (exact) mass is 382 g/mol. The molecule has 1 aromatic heterocycles. The molecule has 7 heteroatoms. The zero-order valence-electron chi connectivity index (χ0n) is 15.2. The van der Waals surface area contributed by atoms with E-state index in [1.807, 2.05) is 35.2 Å². The van der Waals surface area contributed by atoms with Crippen LogP contribution in [0, 0.1) is 24.0 Å². The predicted molar refractivity (Wildman–Crippen MR) is 101 cm³/mol. The number of hydrogen-bond acceptors (Lipinski definition) is 4. The van der Waals surface area contributed by atoms with E-state index >= 15 is 0 Å². The van der Waals surface area contributed by atoms with Crippen molar-refractivity contribution >= 4 is 0 Å². The van der Waals surface area contributed by atoms with E-state index in [4.69, 9.17) is 6.42 Å². The van der Waals surface area contributed by atoms with Gasteiger partial charge in [-0.1, -0.05) is 42.3 Å². The molecule has 1 atom stereocenters. The third-order valence-corrected chi connectivity index (χ3v) is 4.37. The number of benzene rings is 2. The molecule has 0 radical (unpaired) electrons. The molecule has 144 valence electrons. The van der Waals surface area contributed by atoms with Crippen molar-refractivity contribution in [2.45, 2.75) is 18.7 Å². The van der Waals surface area contributed by atoms with Crippen molar-refractivity contribution in [1.29, 1.82) is 0 Å². The fourth-order valence-corrected chi connectivity index (χ4v) is 3.18. The lowest BCUT2D eigenvalue weighted by molar-refractivity contribution is -0.0205. The normalized spacial score (nSPS) is 13.2. The zero-order valence-corrected chi connectivity index (χ0v) is 15.2. The van der Waals surface area contributed by atoms with Gasteiger partial charge in [0.2, 0.25) is 0 Å². The van der Waals surface area contributed by atoms with Gasteiger partial charge < -0.3 is 5.11 Å². The topological polar surface area (TPSA) is 54.2 Å². The Balaban J connectivity index is 1.93. The number of aromatic nitrogens is 3. The molecular weight excluding hydrogens is 362 g/mol. The number of nitrogens with zero attached hydrogens (tertiary/aromatic N) is 4. The smallest absolute Gasteiger partial charge is 0.137 e. The summed E-state index contributed by atoms with van der Waals surface area (Å²) in [5.41, 5.74) is -0.725. The molecule has 0 bridgehead atoms. The lowest BCUT2D eigenvalue weighted by Crippen LogP contribution is -2.44. The van der Waals surface area contributed by atoms with Crippen molar-refractivity contribution in [2.75, 3.05) is 13.1 Å². The van der Waals surface area contributed by atoms with Gasteiger partial charge >= 0.3 is 0 Å². The van der Waals surface area contributed by atoms with Crippen molar-refractivity contribution in [3.8, 4) is 12.3 Å². The highest BCUT2D eigenvalue weighted by Crippen LogP contribution is 2.28. The summed E-state index contributed by atoms with van der Waals surface area (Å²) in [5.74, 6) is 1.03. The van der Waals surface area contributed by atoms with Crippen LogP contribution < -0.4 is 0 Å². The van der Waals surface area contributed by atoms with E-state index in [1.165, 1.54) is 23.4 Å². The molecule has 0 fully saturated rings. The number of halogens is 2. The van der Waals surface area contributed by atoms with Gasteiger partial charge in [0, 0.05) is 24.7 Å². The second kappa shape index (κ2) is 8.74. The number of rotatable bonds is 8. The molecule has 1 N–H and O–H groups in total. The molecule has 0 aliphatic carbocycles. The Hall–Kier alpha value is -3.08. The summed E-state index contributed by atoms with van der Waals surface area (Å²) in [6.07, 6.45) is 8.25. The summed E-state index contributed by atoms with van der Waals surface area (Å²) in [4.78, 5) is 5.69. The third-order valence-electron chi connectivity index (χ3n) is 4.37. The van der Waals surface area contributed by atoms with Crippen LogP contribution in [0.4, 0.5) is 8.78 Å². The summed E-state index contributed by atoms with van der Waals surface area (Å²) in [6.45, 7) is 0.671. The molecule has 1 unspecified atom stereocenters. The molecule has 0 aliphatic heterocycles. The Labute approximate surface area is 162 Å². The fourth-order valence-electron chi connectivity index (χ4n) is 3.18. The average molecular weight is 382 g/mol. The molecule has 0 saturated heterocycles. The van der Waals surface area contributed by atoms with E-state index in [0.29, 0.717) is 6.54 Å². The lowest BCUT2D eigenvalue weighted by Gasteiger charge is -2.34. The Morgan fingerprint density at radius 1 is 1.18 bits per heavy atom.